The molecule has 4 heteroatoms. The van der Waals surface area contributed by atoms with E-state index in [1.165, 1.54) is 13.0 Å². The number of likely N-dealkylation sites (tertiary alicyclic amines) is 1. The highest BCUT2D eigenvalue weighted by Gasteiger charge is 2.21. The zero-order chi connectivity index (χ0) is 15.4. The van der Waals surface area contributed by atoms with E-state index in [0.29, 0.717) is 18.5 Å². The van der Waals surface area contributed by atoms with E-state index in [2.05, 4.69) is 43.1 Å². The topological polar surface area (TPSA) is 18.5 Å². The smallest absolute Gasteiger partial charge is 0.123 e. The lowest BCUT2D eigenvalue weighted by Crippen LogP contribution is -2.29. The molecule has 1 fully saturated rings. The molecule has 1 aliphatic heterocycles. The quantitative estimate of drug-likeness (QED) is 0.870. The number of halogens is 1. The number of nitrogens with zero attached hydrogens (tertiary/aromatic N) is 2. The van der Waals surface area contributed by atoms with Crippen molar-refractivity contribution in [2.45, 2.75) is 32.9 Å². The summed E-state index contributed by atoms with van der Waals surface area (Å²) < 4.78 is 13.5. The maximum Gasteiger partial charge on any atom is 0.123 e. The number of hydrogen-bond donors (Lipinski definition) is 1. The first-order chi connectivity index (χ1) is 9.95. The second-order valence-electron chi connectivity index (χ2n) is 6.61. The van der Waals surface area contributed by atoms with Crippen LogP contribution in [0.1, 0.15) is 25.8 Å². The van der Waals surface area contributed by atoms with Crippen molar-refractivity contribution in [1.82, 2.24) is 10.2 Å². The third-order valence-electron chi connectivity index (χ3n) is 4.17. The summed E-state index contributed by atoms with van der Waals surface area (Å²) in [6.07, 6.45) is 1.25. The molecule has 1 aliphatic rings. The third kappa shape index (κ3) is 4.68. The fraction of sp³-hybridized carbons (Fsp3) is 0.647. The van der Waals surface area contributed by atoms with Crippen molar-refractivity contribution >= 4 is 5.69 Å². The summed E-state index contributed by atoms with van der Waals surface area (Å²) in [6, 6.07) is 5.52. The highest BCUT2D eigenvalue weighted by molar-refractivity contribution is 5.53. The molecule has 1 aromatic rings. The number of anilines is 1. The van der Waals surface area contributed by atoms with Gasteiger partial charge in [0.05, 0.1) is 0 Å². The van der Waals surface area contributed by atoms with Gasteiger partial charge in [0.1, 0.15) is 5.82 Å². The van der Waals surface area contributed by atoms with Crippen molar-refractivity contribution in [2.75, 3.05) is 38.6 Å². The number of benzene rings is 1. The molecule has 0 aliphatic carbocycles. The summed E-state index contributed by atoms with van der Waals surface area (Å²) in [4.78, 5) is 4.66. The van der Waals surface area contributed by atoms with Gasteiger partial charge in [-0.15, -0.1) is 0 Å². The molecule has 0 bridgehead atoms. The van der Waals surface area contributed by atoms with Crippen LogP contribution in [-0.4, -0.2) is 44.7 Å². The van der Waals surface area contributed by atoms with Crippen LogP contribution >= 0.6 is 0 Å². The van der Waals surface area contributed by atoms with Gasteiger partial charge in [0.25, 0.3) is 0 Å². The van der Waals surface area contributed by atoms with E-state index in [0.717, 1.165) is 24.3 Å². The Hall–Kier alpha value is -1.13. The fourth-order valence-corrected chi connectivity index (χ4v) is 3.04. The van der Waals surface area contributed by atoms with E-state index in [1.807, 2.05) is 6.07 Å². The Bertz CT molecular complexity index is 461. The van der Waals surface area contributed by atoms with Crippen LogP contribution in [0.15, 0.2) is 18.2 Å². The zero-order valence-corrected chi connectivity index (χ0v) is 13.7. The van der Waals surface area contributed by atoms with E-state index in [1.54, 1.807) is 12.1 Å². The van der Waals surface area contributed by atoms with E-state index < -0.39 is 0 Å². The molecule has 2 rings (SSSR count). The van der Waals surface area contributed by atoms with Crippen LogP contribution in [-0.2, 0) is 6.54 Å². The SMILES string of the molecule is CC(C)NCc1cc(F)ccc1N(C)CC1CCN(C)C1. The molecule has 0 amide bonds. The molecule has 118 valence electrons. The predicted molar refractivity (Wildman–Crippen MR) is 87.2 cm³/mol. The van der Waals surface area contributed by atoms with Crippen LogP contribution in [0, 0.1) is 11.7 Å². The van der Waals surface area contributed by atoms with Crippen molar-refractivity contribution in [2.24, 2.45) is 5.92 Å². The first-order valence-electron chi connectivity index (χ1n) is 7.87. The number of nitrogens with one attached hydrogen (secondary N) is 1. The Morgan fingerprint density at radius 1 is 1.43 bits per heavy atom. The summed E-state index contributed by atoms with van der Waals surface area (Å²) in [5.41, 5.74) is 2.18. The molecule has 1 atom stereocenters. The molecular weight excluding hydrogens is 265 g/mol. The van der Waals surface area contributed by atoms with Gasteiger partial charge in [-0.3, -0.25) is 0 Å². The largest absolute Gasteiger partial charge is 0.374 e. The van der Waals surface area contributed by atoms with Gasteiger partial charge in [-0.2, -0.15) is 0 Å². The van der Waals surface area contributed by atoms with Gasteiger partial charge in [0.15, 0.2) is 0 Å². The van der Waals surface area contributed by atoms with Crippen LogP contribution in [0.5, 0.6) is 0 Å². The van der Waals surface area contributed by atoms with Crippen LogP contribution in [0.3, 0.4) is 0 Å². The third-order valence-corrected chi connectivity index (χ3v) is 4.17. The minimum atomic E-state index is -0.159. The Balaban J connectivity index is 2.06. The second kappa shape index (κ2) is 7.23. The Labute approximate surface area is 128 Å². The van der Waals surface area contributed by atoms with Crippen molar-refractivity contribution in [1.29, 1.82) is 0 Å². The van der Waals surface area contributed by atoms with Gasteiger partial charge >= 0.3 is 0 Å². The summed E-state index contributed by atoms with van der Waals surface area (Å²) in [6.45, 7) is 8.30. The lowest BCUT2D eigenvalue weighted by molar-refractivity contribution is 0.396. The van der Waals surface area contributed by atoms with Crippen molar-refractivity contribution in [3.63, 3.8) is 0 Å². The van der Waals surface area contributed by atoms with Crippen LogP contribution in [0.4, 0.5) is 10.1 Å². The first-order valence-corrected chi connectivity index (χ1v) is 7.87. The van der Waals surface area contributed by atoms with Crippen LogP contribution < -0.4 is 10.2 Å². The molecule has 0 spiro atoms. The van der Waals surface area contributed by atoms with Crippen molar-refractivity contribution in [3.8, 4) is 0 Å². The normalized spacial score (nSPS) is 19.4. The van der Waals surface area contributed by atoms with Crippen LogP contribution in [0.2, 0.25) is 0 Å². The standard InChI is InChI=1S/C17H28FN3/c1-13(2)19-10-15-9-16(18)5-6-17(15)21(4)12-14-7-8-20(3)11-14/h5-6,9,13-14,19H,7-8,10-12H2,1-4H3. The molecular formula is C17H28FN3. The number of hydrogen-bond acceptors (Lipinski definition) is 3. The van der Waals surface area contributed by atoms with Crippen LogP contribution in [0.25, 0.3) is 0 Å². The van der Waals surface area contributed by atoms with Crippen molar-refractivity contribution in [3.05, 3.63) is 29.6 Å². The predicted octanol–water partition coefficient (Wildman–Crippen LogP) is 2.71. The molecule has 0 radical (unpaired) electrons. The molecule has 1 unspecified atom stereocenters. The Morgan fingerprint density at radius 3 is 2.81 bits per heavy atom. The maximum absolute atomic E-state index is 13.5. The van der Waals surface area contributed by atoms with Gasteiger partial charge in [-0.1, -0.05) is 13.8 Å². The minimum Gasteiger partial charge on any atom is -0.374 e. The molecule has 1 saturated heterocycles. The average molecular weight is 293 g/mol. The second-order valence-corrected chi connectivity index (χ2v) is 6.61. The summed E-state index contributed by atoms with van der Waals surface area (Å²) in [7, 11) is 4.29. The maximum atomic E-state index is 13.5. The van der Waals surface area contributed by atoms with Crippen molar-refractivity contribution < 1.29 is 4.39 Å². The Morgan fingerprint density at radius 2 is 2.19 bits per heavy atom. The highest BCUT2D eigenvalue weighted by Crippen LogP contribution is 2.24. The molecule has 0 aromatic heterocycles. The van der Waals surface area contributed by atoms with E-state index in [-0.39, 0.29) is 5.82 Å². The van der Waals surface area contributed by atoms with Gasteiger partial charge in [0, 0.05) is 38.4 Å². The molecule has 21 heavy (non-hydrogen) atoms. The monoisotopic (exact) mass is 293 g/mol. The zero-order valence-electron chi connectivity index (χ0n) is 13.7. The van der Waals surface area contributed by atoms with Gasteiger partial charge in [-0.25, -0.2) is 4.39 Å². The van der Waals surface area contributed by atoms with Gasteiger partial charge in [-0.05, 0) is 49.7 Å². The first kappa shape index (κ1) is 16.2. The summed E-state index contributed by atoms with van der Waals surface area (Å²) >= 11 is 0. The average Bonchev–Trinajstić information content (AvgIpc) is 2.81. The van der Waals surface area contributed by atoms with E-state index >= 15 is 0 Å². The van der Waals surface area contributed by atoms with E-state index in [9.17, 15) is 4.39 Å². The highest BCUT2D eigenvalue weighted by atomic mass is 19.1. The lowest BCUT2D eigenvalue weighted by atomic mass is 10.1. The molecule has 0 saturated carbocycles. The van der Waals surface area contributed by atoms with E-state index in [4.69, 9.17) is 0 Å². The minimum absolute atomic E-state index is 0.159. The number of rotatable bonds is 6. The molecule has 1 aromatic carbocycles. The summed E-state index contributed by atoms with van der Waals surface area (Å²) in [5.74, 6) is 0.546. The Kier molecular flexibility index (Phi) is 5.59. The molecule has 1 heterocycles. The molecule has 3 nitrogen and oxygen atoms in total. The summed E-state index contributed by atoms with van der Waals surface area (Å²) in [5, 5.41) is 3.38. The molecule has 1 N–H and O–H groups in total. The fourth-order valence-electron chi connectivity index (χ4n) is 3.04. The van der Waals surface area contributed by atoms with Gasteiger partial charge in [0.2, 0.25) is 0 Å². The van der Waals surface area contributed by atoms with Gasteiger partial charge < -0.3 is 15.1 Å². The lowest BCUT2D eigenvalue weighted by Gasteiger charge is -2.26.